The predicted molar refractivity (Wildman–Crippen MR) is 91.7 cm³/mol. The van der Waals surface area contributed by atoms with Crippen LogP contribution in [0.5, 0.6) is 0 Å². The molecule has 0 atom stereocenters. The molecule has 22 heavy (non-hydrogen) atoms. The molecule has 0 saturated heterocycles. The predicted octanol–water partition coefficient (Wildman–Crippen LogP) is 3.79. The van der Waals surface area contributed by atoms with E-state index in [0.717, 1.165) is 21.1 Å². The average Bonchev–Trinajstić information content (AvgIpc) is 3.18. The summed E-state index contributed by atoms with van der Waals surface area (Å²) in [5, 5.41) is 5.00. The Kier molecular flexibility index (Phi) is 4.14. The lowest BCUT2D eigenvalue weighted by Crippen LogP contribution is -2.22. The third kappa shape index (κ3) is 2.85. The molecule has 1 aromatic carbocycles. The van der Waals surface area contributed by atoms with Crippen LogP contribution in [0.2, 0.25) is 0 Å². The maximum absolute atomic E-state index is 12.1. The summed E-state index contributed by atoms with van der Waals surface area (Å²) in [6, 6.07) is 10.9. The molecule has 0 radical (unpaired) electrons. The molecule has 0 spiro atoms. The number of nitrogens with zero attached hydrogens (tertiary/aromatic N) is 2. The number of thiazole rings is 1. The van der Waals surface area contributed by atoms with Gasteiger partial charge in [-0.25, -0.2) is 17.7 Å². The van der Waals surface area contributed by atoms with Crippen LogP contribution in [0.4, 0.5) is 0 Å². The summed E-state index contributed by atoms with van der Waals surface area (Å²) in [4.78, 5) is 6.05. The topological polar surface area (TPSA) is 50.3 Å². The lowest BCUT2D eigenvalue weighted by atomic mass is 10.2. The third-order valence-electron chi connectivity index (χ3n) is 3.16. The SMILES string of the molecule is CN(C)S(=O)(=O)c1ccc(-c2csc(-c3cccs3)n2)cc1. The summed E-state index contributed by atoms with van der Waals surface area (Å²) in [6.07, 6.45) is 0. The highest BCUT2D eigenvalue weighted by Crippen LogP contribution is 2.31. The Balaban J connectivity index is 1.91. The molecule has 0 fully saturated rings. The van der Waals surface area contributed by atoms with E-state index in [1.807, 2.05) is 22.9 Å². The Morgan fingerprint density at radius 2 is 1.77 bits per heavy atom. The second-order valence-corrected chi connectivity index (χ2v) is 8.78. The highest BCUT2D eigenvalue weighted by Gasteiger charge is 2.17. The number of thiophene rings is 1. The van der Waals surface area contributed by atoms with Crippen LogP contribution in [0, 0.1) is 0 Å². The van der Waals surface area contributed by atoms with Gasteiger partial charge in [-0.3, -0.25) is 0 Å². The summed E-state index contributed by atoms with van der Waals surface area (Å²) in [7, 11) is -0.339. The molecule has 0 bridgehead atoms. The van der Waals surface area contributed by atoms with Gasteiger partial charge in [-0.05, 0) is 23.6 Å². The van der Waals surface area contributed by atoms with Crippen LogP contribution in [-0.2, 0) is 10.0 Å². The van der Waals surface area contributed by atoms with Gasteiger partial charge in [-0.2, -0.15) is 0 Å². The second-order valence-electron chi connectivity index (χ2n) is 4.83. The fourth-order valence-corrected chi connectivity index (χ4v) is 4.47. The molecule has 0 saturated carbocycles. The van der Waals surface area contributed by atoms with Crippen molar-refractivity contribution < 1.29 is 8.42 Å². The fourth-order valence-electron chi connectivity index (χ4n) is 1.93. The van der Waals surface area contributed by atoms with Crippen LogP contribution in [0.25, 0.3) is 21.1 Å². The van der Waals surface area contributed by atoms with E-state index >= 15 is 0 Å². The molecule has 0 unspecified atom stereocenters. The largest absolute Gasteiger partial charge is 0.242 e. The van der Waals surface area contributed by atoms with Crippen molar-refractivity contribution in [2.24, 2.45) is 0 Å². The zero-order valence-electron chi connectivity index (χ0n) is 12.1. The summed E-state index contributed by atoms with van der Waals surface area (Å²) in [6.45, 7) is 0. The fraction of sp³-hybridized carbons (Fsp3) is 0.133. The summed E-state index contributed by atoms with van der Waals surface area (Å²) >= 11 is 3.25. The van der Waals surface area contributed by atoms with Gasteiger partial charge in [0.1, 0.15) is 5.01 Å². The second kappa shape index (κ2) is 5.92. The van der Waals surface area contributed by atoms with E-state index in [1.54, 1.807) is 46.9 Å². The Morgan fingerprint density at radius 1 is 1.05 bits per heavy atom. The van der Waals surface area contributed by atoms with Gasteiger partial charge in [0.15, 0.2) is 0 Å². The smallest absolute Gasteiger partial charge is 0.235 e. The van der Waals surface area contributed by atoms with E-state index in [1.165, 1.54) is 18.4 Å². The van der Waals surface area contributed by atoms with Crippen molar-refractivity contribution in [2.45, 2.75) is 4.90 Å². The maximum Gasteiger partial charge on any atom is 0.242 e. The first kappa shape index (κ1) is 15.4. The molecule has 0 aliphatic heterocycles. The standard InChI is InChI=1S/C15H14N2O2S3/c1-17(2)22(18,19)12-7-5-11(6-8-12)13-10-21-15(16-13)14-4-3-9-20-14/h3-10H,1-2H3. The lowest BCUT2D eigenvalue weighted by Gasteiger charge is -2.11. The highest BCUT2D eigenvalue weighted by atomic mass is 32.2. The molecule has 2 heterocycles. The van der Waals surface area contributed by atoms with Gasteiger partial charge < -0.3 is 0 Å². The van der Waals surface area contributed by atoms with Gasteiger partial charge in [-0.15, -0.1) is 22.7 Å². The Morgan fingerprint density at radius 3 is 2.36 bits per heavy atom. The molecule has 0 aliphatic carbocycles. The molecular formula is C15H14N2O2S3. The minimum absolute atomic E-state index is 0.287. The minimum atomic E-state index is -3.39. The first-order valence-corrected chi connectivity index (χ1v) is 9.71. The summed E-state index contributed by atoms with van der Waals surface area (Å²) in [5.74, 6) is 0. The van der Waals surface area contributed by atoms with Gasteiger partial charge in [0.05, 0.1) is 15.5 Å². The Labute approximate surface area is 137 Å². The van der Waals surface area contributed by atoms with Crippen molar-refractivity contribution in [1.82, 2.24) is 9.29 Å². The Hall–Kier alpha value is -1.54. The van der Waals surface area contributed by atoms with Crippen LogP contribution in [0.15, 0.2) is 52.1 Å². The van der Waals surface area contributed by atoms with Crippen molar-refractivity contribution in [3.63, 3.8) is 0 Å². The molecular weight excluding hydrogens is 336 g/mol. The van der Waals surface area contributed by atoms with Crippen molar-refractivity contribution in [3.05, 3.63) is 47.2 Å². The number of sulfonamides is 1. The van der Waals surface area contributed by atoms with Crippen LogP contribution in [-0.4, -0.2) is 31.8 Å². The zero-order chi connectivity index (χ0) is 15.7. The van der Waals surface area contributed by atoms with Gasteiger partial charge in [0.25, 0.3) is 0 Å². The average molecular weight is 350 g/mol. The van der Waals surface area contributed by atoms with Crippen LogP contribution in [0.1, 0.15) is 0 Å². The van der Waals surface area contributed by atoms with Crippen LogP contribution < -0.4 is 0 Å². The molecule has 0 amide bonds. The number of benzene rings is 1. The zero-order valence-corrected chi connectivity index (χ0v) is 14.5. The van der Waals surface area contributed by atoms with Crippen molar-refractivity contribution in [3.8, 4) is 21.1 Å². The first-order chi connectivity index (χ1) is 10.5. The first-order valence-electron chi connectivity index (χ1n) is 6.51. The monoisotopic (exact) mass is 350 g/mol. The van der Waals surface area contributed by atoms with E-state index < -0.39 is 10.0 Å². The molecule has 0 N–H and O–H groups in total. The number of hydrogen-bond acceptors (Lipinski definition) is 5. The molecule has 114 valence electrons. The summed E-state index contributed by atoms with van der Waals surface area (Å²) < 4.78 is 25.3. The van der Waals surface area contributed by atoms with Gasteiger partial charge in [0.2, 0.25) is 10.0 Å². The van der Waals surface area contributed by atoms with Gasteiger partial charge >= 0.3 is 0 Å². The minimum Gasteiger partial charge on any atom is -0.235 e. The van der Waals surface area contributed by atoms with E-state index in [2.05, 4.69) is 4.98 Å². The molecule has 3 aromatic rings. The molecule has 0 aliphatic rings. The van der Waals surface area contributed by atoms with Crippen molar-refractivity contribution >= 4 is 32.7 Å². The van der Waals surface area contributed by atoms with E-state index in [-0.39, 0.29) is 4.90 Å². The lowest BCUT2D eigenvalue weighted by molar-refractivity contribution is 0.521. The van der Waals surface area contributed by atoms with Gasteiger partial charge in [-0.1, -0.05) is 18.2 Å². The molecule has 4 nitrogen and oxygen atoms in total. The molecule has 2 aromatic heterocycles. The van der Waals surface area contributed by atoms with Crippen molar-refractivity contribution in [2.75, 3.05) is 14.1 Å². The molecule has 3 rings (SSSR count). The number of aromatic nitrogens is 1. The third-order valence-corrected chi connectivity index (χ3v) is 6.88. The number of rotatable bonds is 4. The van der Waals surface area contributed by atoms with E-state index in [4.69, 9.17) is 0 Å². The maximum atomic E-state index is 12.1. The highest BCUT2D eigenvalue weighted by molar-refractivity contribution is 7.89. The normalized spacial score (nSPS) is 12.0. The quantitative estimate of drug-likeness (QED) is 0.719. The van der Waals surface area contributed by atoms with E-state index in [0.29, 0.717) is 0 Å². The number of hydrogen-bond donors (Lipinski definition) is 0. The van der Waals surface area contributed by atoms with Crippen molar-refractivity contribution in [1.29, 1.82) is 0 Å². The van der Waals surface area contributed by atoms with Crippen LogP contribution >= 0.6 is 22.7 Å². The van der Waals surface area contributed by atoms with E-state index in [9.17, 15) is 8.42 Å². The summed E-state index contributed by atoms with van der Waals surface area (Å²) in [5.41, 5.74) is 1.78. The molecule has 7 heteroatoms. The van der Waals surface area contributed by atoms with Crippen LogP contribution in [0.3, 0.4) is 0 Å². The van der Waals surface area contributed by atoms with Gasteiger partial charge in [0, 0.05) is 25.0 Å². The Bertz CT molecular complexity index is 864.